The zero-order valence-electron chi connectivity index (χ0n) is 15.0. The van der Waals surface area contributed by atoms with E-state index in [2.05, 4.69) is 24.4 Å². The van der Waals surface area contributed by atoms with Crippen molar-refractivity contribution in [3.63, 3.8) is 0 Å². The topological polar surface area (TPSA) is 88.0 Å². The fourth-order valence-corrected chi connectivity index (χ4v) is 2.46. The van der Waals surface area contributed by atoms with Crippen molar-refractivity contribution < 1.29 is 19.4 Å². The van der Waals surface area contributed by atoms with Crippen molar-refractivity contribution in [3.8, 4) is 5.75 Å². The minimum Gasteiger partial charge on any atom is -0.484 e. The monoisotopic (exact) mass is 354 g/mol. The summed E-state index contributed by atoms with van der Waals surface area (Å²) in [5.74, 6) is -0.300. The first kappa shape index (κ1) is 19.2. The van der Waals surface area contributed by atoms with Crippen molar-refractivity contribution in [3.05, 3.63) is 64.7 Å². The Morgan fingerprint density at radius 1 is 1.19 bits per heavy atom. The molecule has 0 atom stereocenters. The van der Waals surface area contributed by atoms with Gasteiger partial charge in [0.2, 0.25) is 0 Å². The van der Waals surface area contributed by atoms with E-state index in [1.807, 2.05) is 25.1 Å². The molecule has 6 nitrogen and oxygen atoms in total. The van der Waals surface area contributed by atoms with Crippen LogP contribution in [-0.2, 0) is 4.79 Å². The lowest BCUT2D eigenvalue weighted by Crippen LogP contribution is -2.24. The number of carboxylic acid groups (broad SMARTS) is 1. The molecular formula is C20H22N2O4. The normalized spacial score (nSPS) is 10.9. The van der Waals surface area contributed by atoms with Gasteiger partial charge in [-0.25, -0.2) is 10.2 Å². The first-order valence-electron chi connectivity index (χ1n) is 8.25. The van der Waals surface area contributed by atoms with Gasteiger partial charge in [0.1, 0.15) is 5.75 Å². The molecular weight excluding hydrogens is 332 g/mol. The molecule has 1 amide bonds. The number of hydrazone groups is 1. The highest BCUT2D eigenvalue weighted by atomic mass is 16.5. The lowest BCUT2D eigenvalue weighted by molar-refractivity contribution is -0.123. The first-order chi connectivity index (χ1) is 12.4. The molecule has 0 radical (unpaired) electrons. The van der Waals surface area contributed by atoms with Crippen LogP contribution in [-0.4, -0.2) is 29.8 Å². The van der Waals surface area contributed by atoms with Gasteiger partial charge >= 0.3 is 5.97 Å². The molecule has 0 aliphatic rings. The van der Waals surface area contributed by atoms with Crippen LogP contribution < -0.4 is 10.2 Å². The fraction of sp³-hybridized carbons (Fsp3) is 0.250. The number of nitrogens with zero attached hydrogens (tertiary/aromatic N) is 1. The Bertz CT molecular complexity index is 811. The van der Waals surface area contributed by atoms with Gasteiger partial charge in [-0.15, -0.1) is 0 Å². The third kappa shape index (κ3) is 5.44. The van der Waals surface area contributed by atoms with Gasteiger partial charge in [-0.1, -0.05) is 32.0 Å². The van der Waals surface area contributed by atoms with Gasteiger partial charge in [-0.3, -0.25) is 4.79 Å². The molecule has 0 bridgehead atoms. The molecule has 136 valence electrons. The standard InChI is InChI=1S/C20H22N2O4/c1-13(2)18-9-8-17(10-14(18)3)26-12-19(23)22-21-11-15-4-6-16(7-5-15)20(24)25/h4-11,13H,12H2,1-3H3,(H,22,23)(H,24,25)/b21-11+. The first-order valence-corrected chi connectivity index (χ1v) is 8.25. The number of ether oxygens (including phenoxy) is 1. The number of amides is 1. The Morgan fingerprint density at radius 3 is 2.46 bits per heavy atom. The highest BCUT2D eigenvalue weighted by Gasteiger charge is 2.06. The lowest BCUT2D eigenvalue weighted by atomic mass is 9.98. The molecule has 0 saturated carbocycles. The number of carbonyl (C=O) groups excluding carboxylic acids is 1. The maximum atomic E-state index is 11.8. The molecule has 2 N–H and O–H groups in total. The minimum atomic E-state index is -0.990. The van der Waals surface area contributed by atoms with Gasteiger partial charge in [0, 0.05) is 0 Å². The summed E-state index contributed by atoms with van der Waals surface area (Å²) in [5, 5.41) is 12.7. The van der Waals surface area contributed by atoms with Gasteiger partial charge in [-0.05, 0) is 53.8 Å². The van der Waals surface area contributed by atoms with Crippen LogP contribution in [0.1, 0.15) is 46.8 Å². The molecule has 0 heterocycles. The summed E-state index contributed by atoms with van der Waals surface area (Å²) >= 11 is 0. The number of rotatable bonds is 7. The summed E-state index contributed by atoms with van der Waals surface area (Å²) in [6.07, 6.45) is 1.44. The summed E-state index contributed by atoms with van der Waals surface area (Å²) in [4.78, 5) is 22.6. The van der Waals surface area contributed by atoms with Crippen molar-refractivity contribution in [1.82, 2.24) is 5.43 Å². The molecule has 0 spiro atoms. The minimum absolute atomic E-state index is 0.143. The van der Waals surface area contributed by atoms with Crippen LogP contribution >= 0.6 is 0 Å². The number of aryl methyl sites for hydroxylation is 1. The van der Waals surface area contributed by atoms with E-state index in [1.165, 1.54) is 23.9 Å². The second-order valence-electron chi connectivity index (χ2n) is 6.18. The predicted octanol–water partition coefficient (Wildman–Crippen LogP) is 3.35. The maximum Gasteiger partial charge on any atom is 0.335 e. The number of hydrogen-bond donors (Lipinski definition) is 2. The largest absolute Gasteiger partial charge is 0.484 e. The Balaban J connectivity index is 1.83. The fourth-order valence-electron chi connectivity index (χ4n) is 2.46. The zero-order chi connectivity index (χ0) is 19.1. The van der Waals surface area contributed by atoms with Gasteiger partial charge < -0.3 is 9.84 Å². The molecule has 0 unspecified atom stereocenters. The Kier molecular flexibility index (Phi) is 6.49. The summed E-state index contributed by atoms with van der Waals surface area (Å²) in [6.45, 7) is 6.13. The summed E-state index contributed by atoms with van der Waals surface area (Å²) in [5.41, 5.74) is 5.62. The molecule has 0 saturated heterocycles. The summed E-state index contributed by atoms with van der Waals surface area (Å²) in [7, 11) is 0. The molecule has 26 heavy (non-hydrogen) atoms. The van der Waals surface area contributed by atoms with Crippen molar-refractivity contribution in [1.29, 1.82) is 0 Å². The SMILES string of the molecule is Cc1cc(OCC(=O)N/N=C/c2ccc(C(=O)O)cc2)ccc1C(C)C. The Labute approximate surface area is 152 Å². The number of carbonyl (C=O) groups is 2. The van der Waals surface area contributed by atoms with Crippen molar-refractivity contribution in [2.45, 2.75) is 26.7 Å². The van der Waals surface area contributed by atoms with E-state index in [1.54, 1.807) is 12.1 Å². The second-order valence-corrected chi connectivity index (χ2v) is 6.18. The molecule has 0 fully saturated rings. The van der Waals surface area contributed by atoms with Crippen molar-refractivity contribution in [2.24, 2.45) is 5.10 Å². The number of aromatic carboxylic acids is 1. The maximum absolute atomic E-state index is 11.8. The number of carboxylic acids is 1. The molecule has 2 aromatic carbocycles. The molecule has 0 aromatic heterocycles. The number of benzene rings is 2. The van der Waals surface area contributed by atoms with E-state index >= 15 is 0 Å². The average Bonchev–Trinajstić information content (AvgIpc) is 2.60. The third-order valence-electron chi connectivity index (χ3n) is 3.79. The van der Waals surface area contributed by atoms with Gasteiger partial charge in [0.25, 0.3) is 5.91 Å². The summed E-state index contributed by atoms with van der Waals surface area (Å²) in [6, 6.07) is 11.9. The molecule has 0 aliphatic heterocycles. The van der Waals surface area contributed by atoms with E-state index < -0.39 is 5.97 Å². The lowest BCUT2D eigenvalue weighted by Gasteiger charge is -2.12. The Hall–Kier alpha value is -3.15. The smallest absolute Gasteiger partial charge is 0.335 e. The van der Waals surface area contributed by atoms with E-state index in [4.69, 9.17) is 9.84 Å². The van der Waals surface area contributed by atoms with Crippen LogP contribution in [0.15, 0.2) is 47.6 Å². The Morgan fingerprint density at radius 2 is 1.88 bits per heavy atom. The highest BCUT2D eigenvalue weighted by Crippen LogP contribution is 2.23. The molecule has 6 heteroatoms. The van der Waals surface area contributed by atoms with Crippen LogP contribution in [0.25, 0.3) is 0 Å². The van der Waals surface area contributed by atoms with Crippen molar-refractivity contribution >= 4 is 18.1 Å². The van der Waals surface area contributed by atoms with E-state index in [9.17, 15) is 9.59 Å². The van der Waals surface area contributed by atoms with Crippen LogP contribution in [0.4, 0.5) is 0 Å². The third-order valence-corrected chi connectivity index (χ3v) is 3.79. The average molecular weight is 354 g/mol. The quantitative estimate of drug-likeness (QED) is 0.589. The number of nitrogens with one attached hydrogen (secondary N) is 1. The molecule has 2 aromatic rings. The zero-order valence-corrected chi connectivity index (χ0v) is 15.0. The van der Waals surface area contributed by atoms with E-state index in [-0.39, 0.29) is 18.1 Å². The molecule has 0 aliphatic carbocycles. The number of hydrogen-bond acceptors (Lipinski definition) is 4. The van der Waals surface area contributed by atoms with E-state index in [0.29, 0.717) is 17.2 Å². The highest BCUT2D eigenvalue weighted by molar-refractivity contribution is 5.89. The predicted molar refractivity (Wildman–Crippen MR) is 99.9 cm³/mol. The van der Waals surface area contributed by atoms with Gasteiger partial charge in [0.05, 0.1) is 11.8 Å². The van der Waals surface area contributed by atoms with Crippen LogP contribution in [0.5, 0.6) is 5.75 Å². The molecule has 2 rings (SSSR count). The van der Waals surface area contributed by atoms with Gasteiger partial charge in [-0.2, -0.15) is 5.10 Å². The van der Waals surface area contributed by atoms with Crippen LogP contribution in [0, 0.1) is 6.92 Å². The van der Waals surface area contributed by atoms with E-state index in [0.717, 1.165) is 5.56 Å². The van der Waals surface area contributed by atoms with Crippen LogP contribution in [0.2, 0.25) is 0 Å². The van der Waals surface area contributed by atoms with Crippen molar-refractivity contribution in [2.75, 3.05) is 6.61 Å². The van der Waals surface area contributed by atoms with Gasteiger partial charge in [0.15, 0.2) is 6.61 Å². The second kappa shape index (κ2) is 8.80. The summed E-state index contributed by atoms with van der Waals surface area (Å²) < 4.78 is 5.48. The van der Waals surface area contributed by atoms with Crippen LogP contribution in [0.3, 0.4) is 0 Å².